The van der Waals surface area contributed by atoms with Gasteiger partial charge in [-0.05, 0) is 49.9 Å². The molecule has 0 spiro atoms. The normalized spacial score (nSPS) is 13.9. The number of nitro groups is 1. The van der Waals surface area contributed by atoms with E-state index < -0.39 is 4.92 Å². The van der Waals surface area contributed by atoms with Gasteiger partial charge in [0.15, 0.2) is 0 Å². The molecule has 1 aliphatic rings. The van der Waals surface area contributed by atoms with Gasteiger partial charge in [-0.3, -0.25) is 14.9 Å². The minimum absolute atomic E-state index is 0.0130. The van der Waals surface area contributed by atoms with E-state index in [1.54, 1.807) is 13.0 Å². The lowest BCUT2D eigenvalue weighted by Gasteiger charge is -2.30. The maximum atomic E-state index is 12.3. The molecule has 3 rings (SSSR count). The smallest absolute Gasteiger partial charge is 0.269 e. The molecule has 1 amide bonds. The van der Waals surface area contributed by atoms with E-state index in [1.807, 2.05) is 18.2 Å². The van der Waals surface area contributed by atoms with Crippen LogP contribution in [0.2, 0.25) is 0 Å². The minimum Gasteiger partial charge on any atom is -0.374 e. The average molecular weight is 368 g/mol. The summed E-state index contributed by atoms with van der Waals surface area (Å²) in [6.45, 7) is 3.93. The predicted octanol–water partition coefficient (Wildman–Crippen LogP) is 3.94. The second kappa shape index (κ2) is 8.53. The number of non-ortho nitro benzene ring substituents is 1. The molecule has 1 fully saturated rings. The first-order valence-corrected chi connectivity index (χ1v) is 9.17. The van der Waals surface area contributed by atoms with E-state index in [-0.39, 0.29) is 18.1 Å². The maximum Gasteiger partial charge on any atom is 0.269 e. The topological polar surface area (TPSA) is 87.5 Å². The van der Waals surface area contributed by atoms with E-state index in [0.717, 1.165) is 24.5 Å². The number of rotatable bonds is 6. The summed E-state index contributed by atoms with van der Waals surface area (Å²) in [6, 6.07) is 12.4. The van der Waals surface area contributed by atoms with E-state index in [1.165, 1.54) is 31.4 Å². The second-order valence-electron chi connectivity index (χ2n) is 6.72. The van der Waals surface area contributed by atoms with Crippen molar-refractivity contribution in [2.75, 3.05) is 35.2 Å². The molecular formula is C20H24N4O3. The highest BCUT2D eigenvalue weighted by Gasteiger charge is 2.15. The summed E-state index contributed by atoms with van der Waals surface area (Å²) in [4.78, 5) is 25.0. The van der Waals surface area contributed by atoms with Gasteiger partial charge in [-0.1, -0.05) is 12.1 Å². The molecule has 1 heterocycles. The van der Waals surface area contributed by atoms with Crippen molar-refractivity contribution in [3.05, 3.63) is 58.1 Å². The van der Waals surface area contributed by atoms with Crippen LogP contribution in [-0.2, 0) is 4.79 Å². The van der Waals surface area contributed by atoms with Gasteiger partial charge in [0.2, 0.25) is 5.91 Å². The van der Waals surface area contributed by atoms with E-state index in [0.29, 0.717) is 11.3 Å². The van der Waals surface area contributed by atoms with Crippen molar-refractivity contribution >= 4 is 28.7 Å². The zero-order chi connectivity index (χ0) is 19.2. The lowest BCUT2D eigenvalue weighted by atomic mass is 10.1. The number of carbonyl (C=O) groups is 1. The SMILES string of the molecule is Cc1cc([N+](=O)[O-])ccc1NC(=O)CNc1ccccc1N1CCCCC1. The van der Waals surface area contributed by atoms with Crippen molar-refractivity contribution in [1.29, 1.82) is 0 Å². The van der Waals surface area contributed by atoms with Crippen LogP contribution < -0.4 is 15.5 Å². The third-order valence-electron chi connectivity index (χ3n) is 4.74. The van der Waals surface area contributed by atoms with Crippen LogP contribution in [0.1, 0.15) is 24.8 Å². The molecule has 142 valence electrons. The van der Waals surface area contributed by atoms with Crippen molar-refractivity contribution in [1.82, 2.24) is 0 Å². The van der Waals surface area contributed by atoms with Crippen LogP contribution in [0.15, 0.2) is 42.5 Å². The standard InChI is InChI=1S/C20H24N4O3/c1-15-13-16(24(26)27)9-10-17(15)22-20(25)14-21-18-7-3-4-8-19(18)23-11-5-2-6-12-23/h3-4,7-10,13,21H,2,5-6,11-12,14H2,1H3,(H,22,25). The molecule has 1 saturated heterocycles. The predicted molar refractivity (Wildman–Crippen MR) is 107 cm³/mol. The highest BCUT2D eigenvalue weighted by atomic mass is 16.6. The van der Waals surface area contributed by atoms with Crippen LogP contribution in [-0.4, -0.2) is 30.5 Å². The molecule has 27 heavy (non-hydrogen) atoms. The third-order valence-corrected chi connectivity index (χ3v) is 4.74. The molecule has 0 bridgehead atoms. The number of nitro benzene ring substituents is 1. The average Bonchev–Trinajstić information content (AvgIpc) is 2.68. The first kappa shape index (κ1) is 18.7. The first-order valence-electron chi connectivity index (χ1n) is 9.17. The van der Waals surface area contributed by atoms with Crippen molar-refractivity contribution in [3.8, 4) is 0 Å². The molecule has 0 atom stereocenters. The molecule has 2 aromatic carbocycles. The van der Waals surface area contributed by atoms with E-state index in [4.69, 9.17) is 0 Å². The summed E-state index contributed by atoms with van der Waals surface area (Å²) in [5.41, 5.74) is 3.31. The van der Waals surface area contributed by atoms with Gasteiger partial charge < -0.3 is 15.5 Å². The molecule has 0 aromatic heterocycles. The summed E-state index contributed by atoms with van der Waals surface area (Å²) >= 11 is 0. The fraction of sp³-hybridized carbons (Fsp3) is 0.350. The number of amides is 1. The number of benzene rings is 2. The highest BCUT2D eigenvalue weighted by molar-refractivity contribution is 5.95. The van der Waals surface area contributed by atoms with Crippen molar-refractivity contribution < 1.29 is 9.72 Å². The second-order valence-corrected chi connectivity index (χ2v) is 6.72. The van der Waals surface area contributed by atoms with Crippen LogP contribution in [0.25, 0.3) is 0 Å². The van der Waals surface area contributed by atoms with E-state index >= 15 is 0 Å². The lowest BCUT2D eigenvalue weighted by Crippen LogP contribution is -2.30. The number of hydrogen-bond donors (Lipinski definition) is 2. The molecular weight excluding hydrogens is 344 g/mol. The molecule has 0 radical (unpaired) electrons. The fourth-order valence-electron chi connectivity index (χ4n) is 3.31. The minimum atomic E-state index is -0.447. The summed E-state index contributed by atoms with van der Waals surface area (Å²) in [6.07, 6.45) is 3.64. The Morgan fingerprint density at radius 3 is 2.56 bits per heavy atom. The van der Waals surface area contributed by atoms with Crippen LogP contribution in [0.5, 0.6) is 0 Å². The molecule has 0 unspecified atom stereocenters. The van der Waals surface area contributed by atoms with Crippen molar-refractivity contribution in [2.24, 2.45) is 0 Å². The Hall–Kier alpha value is -3.09. The van der Waals surface area contributed by atoms with Gasteiger partial charge in [0.25, 0.3) is 5.69 Å². The van der Waals surface area contributed by atoms with Gasteiger partial charge in [-0.15, -0.1) is 0 Å². The Morgan fingerprint density at radius 2 is 1.85 bits per heavy atom. The van der Waals surface area contributed by atoms with Crippen molar-refractivity contribution in [2.45, 2.75) is 26.2 Å². The van der Waals surface area contributed by atoms with Gasteiger partial charge in [0.05, 0.1) is 22.8 Å². The zero-order valence-corrected chi connectivity index (χ0v) is 15.4. The molecule has 0 aliphatic carbocycles. The van der Waals surface area contributed by atoms with Crippen molar-refractivity contribution in [3.63, 3.8) is 0 Å². The lowest BCUT2D eigenvalue weighted by molar-refractivity contribution is -0.384. The molecule has 0 saturated carbocycles. The summed E-state index contributed by atoms with van der Waals surface area (Å²) in [5.74, 6) is -0.194. The number of nitrogens with one attached hydrogen (secondary N) is 2. The Morgan fingerprint density at radius 1 is 1.11 bits per heavy atom. The Labute approximate surface area is 158 Å². The molecule has 2 aromatic rings. The van der Waals surface area contributed by atoms with Gasteiger partial charge in [-0.25, -0.2) is 0 Å². The largest absolute Gasteiger partial charge is 0.374 e. The zero-order valence-electron chi connectivity index (χ0n) is 15.4. The monoisotopic (exact) mass is 368 g/mol. The van der Waals surface area contributed by atoms with Crippen LogP contribution in [0.3, 0.4) is 0 Å². The highest BCUT2D eigenvalue weighted by Crippen LogP contribution is 2.28. The number of carbonyl (C=O) groups excluding carboxylic acids is 1. The summed E-state index contributed by atoms with van der Waals surface area (Å²) in [7, 11) is 0. The number of aryl methyl sites for hydroxylation is 1. The Bertz CT molecular complexity index is 832. The molecule has 7 nitrogen and oxygen atoms in total. The Balaban J connectivity index is 1.62. The van der Waals surface area contributed by atoms with Crippen LogP contribution in [0.4, 0.5) is 22.7 Å². The number of nitrogens with zero attached hydrogens (tertiary/aromatic N) is 2. The number of hydrogen-bond acceptors (Lipinski definition) is 5. The maximum absolute atomic E-state index is 12.3. The van der Waals surface area contributed by atoms with Gasteiger partial charge in [0, 0.05) is 30.9 Å². The fourth-order valence-corrected chi connectivity index (χ4v) is 3.31. The molecule has 1 aliphatic heterocycles. The molecule has 7 heteroatoms. The van der Waals surface area contributed by atoms with Crippen LogP contribution in [0, 0.1) is 17.0 Å². The van der Waals surface area contributed by atoms with Gasteiger partial charge in [0.1, 0.15) is 0 Å². The van der Waals surface area contributed by atoms with Gasteiger partial charge >= 0.3 is 0 Å². The summed E-state index contributed by atoms with van der Waals surface area (Å²) in [5, 5.41) is 16.8. The Kier molecular flexibility index (Phi) is 5.90. The molecule has 2 N–H and O–H groups in total. The van der Waals surface area contributed by atoms with E-state index in [9.17, 15) is 14.9 Å². The first-order chi connectivity index (χ1) is 13.0. The number of para-hydroxylation sites is 2. The van der Waals surface area contributed by atoms with Crippen LogP contribution >= 0.6 is 0 Å². The van der Waals surface area contributed by atoms with E-state index in [2.05, 4.69) is 21.6 Å². The number of anilines is 3. The number of piperidine rings is 1. The third kappa shape index (κ3) is 4.75. The summed E-state index contributed by atoms with van der Waals surface area (Å²) < 4.78 is 0. The van der Waals surface area contributed by atoms with Gasteiger partial charge in [-0.2, -0.15) is 0 Å². The quantitative estimate of drug-likeness (QED) is 0.595.